The molecule has 2 heterocycles. The maximum absolute atomic E-state index is 11.8. The van der Waals surface area contributed by atoms with Crippen LogP contribution in [-0.2, 0) is 0 Å². The van der Waals surface area contributed by atoms with Gasteiger partial charge in [-0.1, -0.05) is 22.9 Å². The molecule has 0 bridgehead atoms. The summed E-state index contributed by atoms with van der Waals surface area (Å²) in [5.74, 6) is 0.0561. The number of thiophene rings is 2. The van der Waals surface area contributed by atoms with Gasteiger partial charge in [0, 0.05) is 20.8 Å². The zero-order valence-electron chi connectivity index (χ0n) is 9.53. The zero-order chi connectivity index (χ0) is 12.3. The highest BCUT2D eigenvalue weighted by Crippen LogP contribution is 2.29. The normalized spacial score (nSPS) is 12.8. The highest BCUT2D eigenvalue weighted by molar-refractivity contribution is 9.09. The van der Waals surface area contributed by atoms with Crippen LogP contribution < -0.4 is 5.32 Å². The van der Waals surface area contributed by atoms with Crippen molar-refractivity contribution in [2.24, 2.45) is 0 Å². The summed E-state index contributed by atoms with van der Waals surface area (Å²) in [6.07, 6.45) is 2.09. The Morgan fingerprint density at radius 3 is 3.06 bits per heavy atom. The van der Waals surface area contributed by atoms with E-state index in [2.05, 4.69) is 39.6 Å². The molecule has 0 aliphatic heterocycles. The van der Waals surface area contributed by atoms with Crippen LogP contribution in [0.2, 0.25) is 0 Å². The molecular weight excluding hydrogens is 318 g/mol. The molecule has 0 aliphatic rings. The molecule has 0 radical (unpaired) electrons. The van der Waals surface area contributed by atoms with Crippen LogP contribution in [0.15, 0.2) is 17.5 Å². The van der Waals surface area contributed by atoms with Gasteiger partial charge in [-0.05, 0) is 30.4 Å². The molecule has 2 aromatic rings. The maximum Gasteiger partial charge on any atom is 0.261 e. The first-order chi connectivity index (χ1) is 8.16. The number of alkyl halides is 1. The van der Waals surface area contributed by atoms with Crippen molar-refractivity contribution in [3.05, 3.63) is 22.4 Å². The average Bonchev–Trinajstić information content (AvgIpc) is 2.83. The number of fused-ring (bicyclic) bond motifs is 1. The molecule has 0 saturated heterocycles. The van der Waals surface area contributed by atoms with Crippen molar-refractivity contribution in [1.29, 1.82) is 0 Å². The second-order valence-electron chi connectivity index (χ2n) is 3.94. The molecule has 2 rings (SSSR count). The molecule has 2 aromatic heterocycles. The lowest BCUT2D eigenvalue weighted by atomic mass is 10.2. The van der Waals surface area contributed by atoms with Gasteiger partial charge in [-0.15, -0.1) is 22.7 Å². The van der Waals surface area contributed by atoms with Crippen LogP contribution in [0.4, 0.5) is 0 Å². The molecule has 0 spiro atoms. The first kappa shape index (κ1) is 13.1. The topological polar surface area (TPSA) is 29.1 Å². The SMILES string of the molecule is CC(Br)CCCNC(=O)c1cc2sccc2s1. The van der Waals surface area contributed by atoms with Crippen molar-refractivity contribution in [2.45, 2.75) is 24.6 Å². The Morgan fingerprint density at radius 2 is 2.35 bits per heavy atom. The summed E-state index contributed by atoms with van der Waals surface area (Å²) < 4.78 is 2.41. The second-order valence-corrected chi connectivity index (χ2v) is 7.53. The Kier molecular flexibility index (Phi) is 4.59. The van der Waals surface area contributed by atoms with Crippen molar-refractivity contribution < 1.29 is 4.79 Å². The molecular formula is C12H14BrNOS2. The van der Waals surface area contributed by atoms with Gasteiger partial charge in [-0.25, -0.2) is 0 Å². The lowest BCUT2D eigenvalue weighted by Gasteiger charge is -2.04. The van der Waals surface area contributed by atoms with E-state index in [0.29, 0.717) is 4.83 Å². The lowest BCUT2D eigenvalue weighted by Crippen LogP contribution is -2.23. The monoisotopic (exact) mass is 331 g/mol. The van der Waals surface area contributed by atoms with E-state index in [0.717, 1.165) is 24.3 Å². The third-order valence-electron chi connectivity index (χ3n) is 2.43. The van der Waals surface area contributed by atoms with Crippen LogP contribution in [0.3, 0.4) is 0 Å². The summed E-state index contributed by atoms with van der Waals surface area (Å²) >= 11 is 6.74. The zero-order valence-corrected chi connectivity index (χ0v) is 12.8. The molecule has 0 aromatic carbocycles. The Balaban J connectivity index is 1.85. The Labute approximate surface area is 117 Å². The predicted octanol–water partition coefficient (Wildman–Crippen LogP) is 4.26. The molecule has 1 amide bonds. The number of nitrogens with one attached hydrogen (secondary N) is 1. The van der Waals surface area contributed by atoms with E-state index in [1.165, 1.54) is 9.40 Å². The molecule has 92 valence electrons. The van der Waals surface area contributed by atoms with E-state index >= 15 is 0 Å². The standard InChI is InChI=1S/C12H14BrNOS2/c1-8(13)3-2-5-14-12(15)11-7-10-9(17-11)4-6-16-10/h4,6-8H,2-3,5H2,1H3,(H,14,15). The average molecular weight is 332 g/mol. The number of hydrogen-bond acceptors (Lipinski definition) is 3. The number of rotatable bonds is 5. The minimum absolute atomic E-state index is 0.0561. The summed E-state index contributed by atoms with van der Waals surface area (Å²) in [5.41, 5.74) is 0. The number of carbonyl (C=O) groups excluding carboxylic acids is 1. The molecule has 1 unspecified atom stereocenters. The van der Waals surface area contributed by atoms with Crippen LogP contribution >= 0.6 is 38.6 Å². The van der Waals surface area contributed by atoms with Crippen molar-refractivity contribution in [1.82, 2.24) is 5.32 Å². The van der Waals surface area contributed by atoms with Crippen LogP contribution in [0.25, 0.3) is 9.40 Å². The smallest absolute Gasteiger partial charge is 0.261 e. The predicted molar refractivity (Wildman–Crippen MR) is 79.7 cm³/mol. The molecule has 1 atom stereocenters. The highest BCUT2D eigenvalue weighted by Gasteiger charge is 2.10. The van der Waals surface area contributed by atoms with Gasteiger partial charge in [0.1, 0.15) is 0 Å². The summed E-state index contributed by atoms with van der Waals surface area (Å²) in [4.78, 5) is 13.2. The molecule has 0 saturated carbocycles. The van der Waals surface area contributed by atoms with Gasteiger partial charge in [0.05, 0.1) is 4.88 Å². The maximum atomic E-state index is 11.8. The molecule has 0 fully saturated rings. The second kappa shape index (κ2) is 5.98. The van der Waals surface area contributed by atoms with Gasteiger partial charge in [0.25, 0.3) is 5.91 Å². The fourth-order valence-electron chi connectivity index (χ4n) is 1.55. The van der Waals surface area contributed by atoms with E-state index in [-0.39, 0.29) is 5.91 Å². The highest BCUT2D eigenvalue weighted by atomic mass is 79.9. The summed E-state index contributed by atoms with van der Waals surface area (Å²) in [7, 11) is 0. The minimum atomic E-state index is 0.0561. The van der Waals surface area contributed by atoms with E-state index in [1.54, 1.807) is 22.7 Å². The van der Waals surface area contributed by atoms with Gasteiger partial charge < -0.3 is 5.32 Å². The number of amides is 1. The summed E-state index contributed by atoms with van der Waals surface area (Å²) in [6.45, 7) is 2.87. The fraction of sp³-hybridized carbons (Fsp3) is 0.417. The third-order valence-corrected chi connectivity index (χ3v) is 4.98. The van der Waals surface area contributed by atoms with Crippen molar-refractivity contribution in [3.63, 3.8) is 0 Å². The van der Waals surface area contributed by atoms with E-state index in [1.807, 2.05) is 6.07 Å². The van der Waals surface area contributed by atoms with Crippen LogP contribution in [0, 0.1) is 0 Å². The van der Waals surface area contributed by atoms with Crippen molar-refractivity contribution >= 4 is 53.9 Å². The van der Waals surface area contributed by atoms with Crippen LogP contribution in [0.1, 0.15) is 29.4 Å². The van der Waals surface area contributed by atoms with Gasteiger partial charge in [0.15, 0.2) is 0 Å². The molecule has 1 N–H and O–H groups in total. The molecule has 2 nitrogen and oxygen atoms in total. The summed E-state index contributed by atoms with van der Waals surface area (Å²) in [5, 5.41) is 5.02. The van der Waals surface area contributed by atoms with Gasteiger partial charge in [0.2, 0.25) is 0 Å². The van der Waals surface area contributed by atoms with Gasteiger partial charge >= 0.3 is 0 Å². The quantitative estimate of drug-likeness (QED) is 0.643. The van der Waals surface area contributed by atoms with E-state index in [4.69, 9.17) is 0 Å². The van der Waals surface area contributed by atoms with Crippen LogP contribution in [0.5, 0.6) is 0 Å². The van der Waals surface area contributed by atoms with Crippen molar-refractivity contribution in [3.8, 4) is 0 Å². The molecule has 17 heavy (non-hydrogen) atoms. The fourth-order valence-corrected chi connectivity index (χ4v) is 3.90. The first-order valence-corrected chi connectivity index (χ1v) is 8.17. The number of carbonyl (C=O) groups is 1. The molecule has 5 heteroatoms. The first-order valence-electron chi connectivity index (χ1n) is 5.56. The van der Waals surface area contributed by atoms with Gasteiger partial charge in [-0.2, -0.15) is 0 Å². The van der Waals surface area contributed by atoms with Gasteiger partial charge in [-0.3, -0.25) is 4.79 Å². The Hall–Kier alpha value is -0.390. The Bertz CT molecular complexity index is 475. The van der Waals surface area contributed by atoms with E-state index < -0.39 is 0 Å². The van der Waals surface area contributed by atoms with Crippen LogP contribution in [-0.4, -0.2) is 17.3 Å². The van der Waals surface area contributed by atoms with E-state index in [9.17, 15) is 4.79 Å². The largest absolute Gasteiger partial charge is 0.351 e. The minimum Gasteiger partial charge on any atom is -0.351 e. The number of hydrogen-bond donors (Lipinski definition) is 1. The summed E-state index contributed by atoms with van der Waals surface area (Å²) in [6, 6.07) is 4.04. The third kappa shape index (κ3) is 3.53. The number of halogens is 1. The van der Waals surface area contributed by atoms with Crippen molar-refractivity contribution in [2.75, 3.05) is 6.54 Å². The Morgan fingerprint density at radius 1 is 1.53 bits per heavy atom. The lowest BCUT2D eigenvalue weighted by molar-refractivity contribution is 0.0957. The molecule has 0 aliphatic carbocycles.